The molecule has 0 amide bonds. The van der Waals surface area contributed by atoms with Crippen molar-refractivity contribution in [2.75, 3.05) is 13.7 Å². The van der Waals surface area contributed by atoms with Gasteiger partial charge in [0.15, 0.2) is 4.80 Å². The van der Waals surface area contributed by atoms with E-state index in [0.29, 0.717) is 36.6 Å². The number of hydrogen-bond donors (Lipinski definition) is 0. The van der Waals surface area contributed by atoms with E-state index in [1.807, 2.05) is 0 Å². The fourth-order valence-corrected chi connectivity index (χ4v) is 6.28. The Morgan fingerprint density at radius 1 is 1.27 bits per heavy atom. The number of methoxy groups -OCH3 is 1. The smallest absolute Gasteiger partial charge is 0.338 e. The SMILES string of the molecule is CCOC(=O)C1=C(C)N=c2sc(=Cc3ccc(-c4ccc(Cl)cc4[N+](=O)[O-])o3)c(=O)n2C1c1ccc(OC)c(Br)c1. The summed E-state index contributed by atoms with van der Waals surface area (Å²) in [6, 6.07) is 12.0. The number of nitrogens with zero attached hydrogens (tertiary/aromatic N) is 3. The van der Waals surface area contributed by atoms with Crippen molar-refractivity contribution in [1.29, 1.82) is 0 Å². The van der Waals surface area contributed by atoms with Gasteiger partial charge in [0, 0.05) is 17.2 Å². The first kappa shape index (κ1) is 28.5. The molecule has 0 fully saturated rings. The van der Waals surface area contributed by atoms with E-state index in [0.717, 1.165) is 11.3 Å². The van der Waals surface area contributed by atoms with Crippen LogP contribution in [0.4, 0.5) is 5.69 Å². The van der Waals surface area contributed by atoms with Crippen molar-refractivity contribution < 1.29 is 23.6 Å². The molecular weight excluding hydrogens is 638 g/mol. The first-order valence-corrected chi connectivity index (χ1v) is 14.2. The van der Waals surface area contributed by atoms with E-state index in [4.69, 9.17) is 25.5 Å². The Kier molecular flexibility index (Phi) is 7.98. The molecule has 1 atom stereocenters. The first-order valence-electron chi connectivity index (χ1n) is 12.2. The van der Waals surface area contributed by atoms with E-state index in [1.165, 1.54) is 22.8 Å². The van der Waals surface area contributed by atoms with E-state index in [9.17, 15) is 19.7 Å². The minimum absolute atomic E-state index is 0.158. The van der Waals surface area contributed by atoms with Crippen LogP contribution in [0.5, 0.6) is 5.75 Å². The number of furan rings is 1. The van der Waals surface area contributed by atoms with Crippen molar-refractivity contribution in [1.82, 2.24) is 4.57 Å². The molecule has 0 N–H and O–H groups in total. The van der Waals surface area contributed by atoms with Crippen molar-refractivity contribution in [3.8, 4) is 17.1 Å². The van der Waals surface area contributed by atoms with Crippen molar-refractivity contribution in [3.63, 3.8) is 0 Å². The van der Waals surface area contributed by atoms with Gasteiger partial charge in [0.25, 0.3) is 11.2 Å². The van der Waals surface area contributed by atoms with Crippen LogP contribution in [-0.2, 0) is 9.53 Å². The molecule has 13 heteroatoms. The van der Waals surface area contributed by atoms with Gasteiger partial charge in [0.1, 0.15) is 17.3 Å². The Balaban J connectivity index is 1.65. The summed E-state index contributed by atoms with van der Waals surface area (Å²) in [5.41, 5.74) is 0.987. The van der Waals surface area contributed by atoms with Gasteiger partial charge in [-0.15, -0.1) is 0 Å². The second kappa shape index (κ2) is 11.5. The van der Waals surface area contributed by atoms with Crippen LogP contribution >= 0.6 is 38.9 Å². The summed E-state index contributed by atoms with van der Waals surface area (Å²) in [4.78, 5) is 42.9. The van der Waals surface area contributed by atoms with Crippen LogP contribution in [-0.4, -0.2) is 29.2 Å². The average Bonchev–Trinajstić information content (AvgIpc) is 3.52. The highest BCUT2D eigenvalue weighted by molar-refractivity contribution is 9.10. The number of benzene rings is 2. The molecule has 0 saturated heterocycles. The quantitative estimate of drug-likeness (QED) is 0.148. The molecule has 10 nitrogen and oxygen atoms in total. The maximum Gasteiger partial charge on any atom is 0.338 e. The van der Waals surface area contributed by atoms with Gasteiger partial charge < -0.3 is 13.9 Å². The maximum absolute atomic E-state index is 13.8. The van der Waals surface area contributed by atoms with Crippen LogP contribution in [0.25, 0.3) is 17.4 Å². The lowest BCUT2D eigenvalue weighted by molar-refractivity contribution is -0.384. The Labute approximate surface area is 250 Å². The lowest BCUT2D eigenvalue weighted by Gasteiger charge is -2.25. The van der Waals surface area contributed by atoms with Gasteiger partial charge in [-0.3, -0.25) is 19.5 Å². The lowest BCUT2D eigenvalue weighted by Crippen LogP contribution is -2.39. The predicted molar refractivity (Wildman–Crippen MR) is 157 cm³/mol. The van der Waals surface area contributed by atoms with Crippen LogP contribution in [0.3, 0.4) is 0 Å². The number of thiazole rings is 1. The van der Waals surface area contributed by atoms with Gasteiger partial charge in [0.05, 0.1) is 50.5 Å². The number of aromatic nitrogens is 1. The molecule has 4 aromatic rings. The van der Waals surface area contributed by atoms with Gasteiger partial charge in [-0.2, -0.15) is 0 Å². The van der Waals surface area contributed by atoms with Crippen molar-refractivity contribution in [2.45, 2.75) is 19.9 Å². The van der Waals surface area contributed by atoms with Crippen LogP contribution in [0, 0.1) is 10.1 Å². The van der Waals surface area contributed by atoms with Crippen molar-refractivity contribution in [2.24, 2.45) is 4.99 Å². The molecule has 0 saturated carbocycles. The summed E-state index contributed by atoms with van der Waals surface area (Å²) in [7, 11) is 1.54. The Bertz CT molecular complexity index is 1920. The Morgan fingerprint density at radius 2 is 2.05 bits per heavy atom. The zero-order valence-corrected chi connectivity index (χ0v) is 25.0. The molecular formula is C28H21BrClN3O7S. The molecule has 5 rings (SSSR count). The van der Waals surface area contributed by atoms with Gasteiger partial charge in [-0.05, 0) is 71.7 Å². The zero-order chi connectivity index (χ0) is 29.4. The zero-order valence-electron chi connectivity index (χ0n) is 21.8. The van der Waals surface area contributed by atoms with E-state index in [-0.39, 0.29) is 34.2 Å². The minimum atomic E-state index is -0.807. The minimum Gasteiger partial charge on any atom is -0.496 e. The van der Waals surface area contributed by atoms with Crippen LogP contribution in [0.1, 0.15) is 31.2 Å². The van der Waals surface area contributed by atoms with Gasteiger partial charge in [0.2, 0.25) is 0 Å². The number of carbonyl (C=O) groups is 1. The number of rotatable bonds is 7. The molecule has 2 aromatic carbocycles. The number of carbonyl (C=O) groups excluding carboxylic acids is 1. The van der Waals surface area contributed by atoms with Crippen molar-refractivity contribution in [3.05, 3.63) is 110 Å². The maximum atomic E-state index is 13.8. The highest BCUT2D eigenvalue weighted by Crippen LogP contribution is 2.36. The molecule has 1 aliphatic rings. The number of allylic oxidation sites excluding steroid dienone is 1. The summed E-state index contributed by atoms with van der Waals surface area (Å²) in [5.74, 6) is 0.572. The van der Waals surface area contributed by atoms with Crippen LogP contribution in [0.15, 0.2) is 78.5 Å². The molecule has 1 unspecified atom stereocenters. The third-order valence-corrected chi connectivity index (χ3v) is 8.17. The number of nitro groups is 1. The first-order chi connectivity index (χ1) is 19.6. The second-order valence-corrected chi connectivity index (χ2v) is 11.1. The van der Waals surface area contributed by atoms with Crippen molar-refractivity contribution >= 4 is 56.6 Å². The fourth-order valence-electron chi connectivity index (χ4n) is 4.53. The highest BCUT2D eigenvalue weighted by Gasteiger charge is 2.33. The molecule has 2 aromatic heterocycles. The fraction of sp³-hybridized carbons (Fsp3) is 0.179. The third kappa shape index (κ3) is 5.37. The summed E-state index contributed by atoms with van der Waals surface area (Å²) in [5, 5.41) is 11.8. The standard InChI is InChI=1S/C28H21BrClN3O7S/c1-4-39-27(35)24-14(2)31-28-32(25(24)15-5-9-22(38-3)19(29)11-15)26(34)23(41-28)13-17-7-10-21(40-17)18-8-6-16(30)12-20(18)33(36)37/h5-13,25H,4H2,1-3H3. The second-order valence-electron chi connectivity index (χ2n) is 8.82. The van der Waals surface area contributed by atoms with Crippen LogP contribution < -0.4 is 19.6 Å². The van der Waals surface area contributed by atoms with E-state index in [2.05, 4.69) is 20.9 Å². The van der Waals surface area contributed by atoms with E-state index < -0.39 is 22.5 Å². The number of halogens is 2. The molecule has 210 valence electrons. The van der Waals surface area contributed by atoms with Crippen LogP contribution in [0.2, 0.25) is 5.02 Å². The number of nitro benzene ring substituents is 1. The van der Waals surface area contributed by atoms with Gasteiger partial charge in [-0.1, -0.05) is 29.0 Å². The topological polar surface area (TPSA) is 126 Å². The molecule has 0 bridgehead atoms. The Hall–Kier alpha value is -4.00. The molecule has 0 aliphatic carbocycles. The molecule has 41 heavy (non-hydrogen) atoms. The molecule has 0 spiro atoms. The molecule has 1 aliphatic heterocycles. The number of hydrogen-bond acceptors (Lipinski definition) is 9. The van der Waals surface area contributed by atoms with Gasteiger partial charge in [-0.25, -0.2) is 9.79 Å². The summed E-state index contributed by atoms with van der Waals surface area (Å²) in [6.07, 6.45) is 1.54. The van der Waals surface area contributed by atoms with E-state index >= 15 is 0 Å². The number of ether oxygens (including phenoxy) is 2. The number of esters is 1. The third-order valence-electron chi connectivity index (χ3n) is 6.33. The monoisotopic (exact) mass is 657 g/mol. The highest BCUT2D eigenvalue weighted by atomic mass is 79.9. The molecule has 3 heterocycles. The largest absolute Gasteiger partial charge is 0.496 e. The summed E-state index contributed by atoms with van der Waals surface area (Å²) < 4.78 is 19.0. The average molecular weight is 659 g/mol. The Morgan fingerprint density at radius 3 is 2.73 bits per heavy atom. The van der Waals surface area contributed by atoms with E-state index in [1.54, 1.807) is 57.4 Å². The number of fused-ring (bicyclic) bond motifs is 1. The molecule has 0 radical (unpaired) electrons. The normalized spacial score (nSPS) is 15.0. The lowest BCUT2D eigenvalue weighted by atomic mass is 9.96. The summed E-state index contributed by atoms with van der Waals surface area (Å²) in [6.45, 7) is 3.57. The predicted octanol–water partition coefficient (Wildman–Crippen LogP) is 5.39. The summed E-state index contributed by atoms with van der Waals surface area (Å²) >= 11 is 10.6. The van der Waals surface area contributed by atoms with Gasteiger partial charge >= 0.3 is 5.97 Å².